The summed E-state index contributed by atoms with van der Waals surface area (Å²) in [5, 5.41) is 10.8. The first kappa shape index (κ1) is 11.4. The molecule has 0 spiro atoms. The number of H-pyrrole nitrogens is 1. The van der Waals surface area contributed by atoms with Gasteiger partial charge < -0.3 is 5.32 Å². The lowest BCUT2D eigenvalue weighted by atomic mass is 9.90. The van der Waals surface area contributed by atoms with E-state index in [1.807, 2.05) is 0 Å². The van der Waals surface area contributed by atoms with Crippen molar-refractivity contribution in [2.75, 3.05) is 6.54 Å². The molecule has 1 aromatic heterocycles. The molecule has 2 aromatic rings. The molecule has 0 saturated carbocycles. The summed E-state index contributed by atoms with van der Waals surface area (Å²) in [6.45, 7) is 6.08. The number of aromatic amines is 1. The van der Waals surface area contributed by atoms with Crippen LogP contribution >= 0.6 is 0 Å². The van der Waals surface area contributed by atoms with Crippen molar-refractivity contribution in [3.63, 3.8) is 0 Å². The fourth-order valence-corrected chi connectivity index (χ4v) is 2.44. The molecule has 18 heavy (non-hydrogen) atoms. The van der Waals surface area contributed by atoms with Gasteiger partial charge in [0.15, 0.2) is 5.82 Å². The monoisotopic (exact) mass is 242 g/mol. The van der Waals surface area contributed by atoms with Crippen LogP contribution in [0.15, 0.2) is 24.3 Å². The molecule has 1 aliphatic rings. The lowest BCUT2D eigenvalue weighted by Gasteiger charge is -2.24. The van der Waals surface area contributed by atoms with Gasteiger partial charge in [-0.25, -0.2) is 4.98 Å². The third-order valence-electron chi connectivity index (χ3n) is 3.46. The highest BCUT2D eigenvalue weighted by molar-refractivity contribution is 5.36. The first-order valence-corrected chi connectivity index (χ1v) is 6.46. The van der Waals surface area contributed by atoms with Crippen molar-refractivity contribution in [2.24, 2.45) is 0 Å². The largest absolute Gasteiger partial charge is 0.312 e. The van der Waals surface area contributed by atoms with Gasteiger partial charge in [0.2, 0.25) is 0 Å². The van der Waals surface area contributed by atoms with E-state index in [0.29, 0.717) is 5.92 Å². The molecule has 2 N–H and O–H groups in total. The number of hydrogen-bond donors (Lipinski definition) is 2. The van der Waals surface area contributed by atoms with Crippen LogP contribution in [-0.2, 0) is 6.54 Å². The Hall–Kier alpha value is -1.68. The fourth-order valence-electron chi connectivity index (χ4n) is 2.44. The molecule has 1 unspecified atom stereocenters. The molecule has 3 rings (SSSR count). The fraction of sp³-hybridized carbons (Fsp3) is 0.429. The Balaban J connectivity index is 1.97. The van der Waals surface area contributed by atoms with Gasteiger partial charge in [0.25, 0.3) is 0 Å². The third kappa shape index (κ3) is 1.93. The normalized spacial score (nSPS) is 18.9. The van der Waals surface area contributed by atoms with Crippen LogP contribution in [0.3, 0.4) is 0 Å². The van der Waals surface area contributed by atoms with E-state index in [-0.39, 0.29) is 5.92 Å². The zero-order chi connectivity index (χ0) is 12.5. The Kier molecular flexibility index (Phi) is 2.88. The van der Waals surface area contributed by atoms with Gasteiger partial charge in [-0.1, -0.05) is 38.1 Å². The van der Waals surface area contributed by atoms with Gasteiger partial charge in [0.1, 0.15) is 5.82 Å². The summed E-state index contributed by atoms with van der Waals surface area (Å²) in [5.41, 5.74) is 2.72. The molecule has 2 heterocycles. The minimum atomic E-state index is 0.287. The van der Waals surface area contributed by atoms with Crippen LogP contribution in [0.5, 0.6) is 0 Å². The molecule has 1 aromatic carbocycles. The molecule has 0 saturated heterocycles. The van der Waals surface area contributed by atoms with Crippen LogP contribution in [-0.4, -0.2) is 21.7 Å². The molecule has 0 fully saturated rings. The van der Waals surface area contributed by atoms with Gasteiger partial charge in [0.05, 0.1) is 5.92 Å². The number of nitrogens with one attached hydrogen (secondary N) is 2. The summed E-state index contributed by atoms with van der Waals surface area (Å²) >= 11 is 0. The zero-order valence-electron chi connectivity index (χ0n) is 10.8. The van der Waals surface area contributed by atoms with Crippen LogP contribution in [0.4, 0.5) is 0 Å². The standard InChI is InChI=1S/C14H18N4/c1-9(2)13-16-14(18-17-13)12-8-15-7-10-5-3-4-6-11(10)12/h3-6,9,12,15H,7-8H2,1-2H3,(H,16,17,18). The molecule has 4 heteroatoms. The van der Waals surface area contributed by atoms with E-state index in [9.17, 15) is 0 Å². The molecular formula is C14H18N4. The average Bonchev–Trinajstić information content (AvgIpc) is 2.87. The van der Waals surface area contributed by atoms with Gasteiger partial charge in [-0.3, -0.25) is 5.10 Å². The molecule has 0 amide bonds. The second kappa shape index (κ2) is 4.53. The van der Waals surface area contributed by atoms with Crippen molar-refractivity contribution >= 4 is 0 Å². The summed E-state index contributed by atoms with van der Waals surface area (Å²) in [5.74, 6) is 2.52. The number of benzene rings is 1. The van der Waals surface area contributed by atoms with Crippen molar-refractivity contribution in [3.8, 4) is 0 Å². The Morgan fingerprint density at radius 1 is 1.28 bits per heavy atom. The van der Waals surface area contributed by atoms with E-state index in [0.717, 1.165) is 24.7 Å². The maximum absolute atomic E-state index is 4.63. The molecule has 0 radical (unpaired) electrons. The van der Waals surface area contributed by atoms with Crippen molar-refractivity contribution in [1.82, 2.24) is 20.5 Å². The maximum Gasteiger partial charge on any atom is 0.153 e. The number of aromatic nitrogens is 3. The number of fused-ring (bicyclic) bond motifs is 1. The molecule has 4 nitrogen and oxygen atoms in total. The van der Waals surface area contributed by atoms with E-state index in [1.165, 1.54) is 11.1 Å². The van der Waals surface area contributed by atoms with Gasteiger partial charge in [-0.15, -0.1) is 0 Å². The first-order valence-electron chi connectivity index (χ1n) is 6.46. The SMILES string of the molecule is CC(C)c1n[nH]c(C2CNCc3ccccc32)n1. The number of nitrogens with zero attached hydrogens (tertiary/aromatic N) is 2. The molecule has 0 aliphatic carbocycles. The van der Waals surface area contributed by atoms with Crippen LogP contribution in [0.25, 0.3) is 0 Å². The second-order valence-corrected chi connectivity index (χ2v) is 5.12. The Morgan fingerprint density at radius 2 is 2.11 bits per heavy atom. The van der Waals surface area contributed by atoms with Crippen LogP contribution in [0.1, 0.15) is 48.5 Å². The van der Waals surface area contributed by atoms with Crippen molar-refractivity contribution in [1.29, 1.82) is 0 Å². The van der Waals surface area contributed by atoms with E-state index >= 15 is 0 Å². The number of rotatable bonds is 2. The summed E-state index contributed by atoms with van der Waals surface area (Å²) in [4.78, 5) is 4.63. The smallest absolute Gasteiger partial charge is 0.153 e. The maximum atomic E-state index is 4.63. The van der Waals surface area contributed by atoms with Gasteiger partial charge in [0, 0.05) is 19.0 Å². The quantitative estimate of drug-likeness (QED) is 0.848. The average molecular weight is 242 g/mol. The van der Waals surface area contributed by atoms with Crippen molar-refractivity contribution in [3.05, 3.63) is 47.0 Å². The predicted octanol–water partition coefficient (Wildman–Crippen LogP) is 2.16. The van der Waals surface area contributed by atoms with Gasteiger partial charge >= 0.3 is 0 Å². The van der Waals surface area contributed by atoms with Crippen LogP contribution in [0, 0.1) is 0 Å². The molecule has 1 atom stereocenters. The topological polar surface area (TPSA) is 53.6 Å². The molecule has 94 valence electrons. The highest BCUT2D eigenvalue weighted by Crippen LogP contribution is 2.28. The van der Waals surface area contributed by atoms with E-state index < -0.39 is 0 Å². The number of hydrogen-bond acceptors (Lipinski definition) is 3. The van der Waals surface area contributed by atoms with Gasteiger partial charge in [-0.2, -0.15) is 5.10 Å². The lowest BCUT2D eigenvalue weighted by Crippen LogP contribution is -2.29. The molecular weight excluding hydrogens is 224 g/mol. The summed E-state index contributed by atoms with van der Waals surface area (Å²) in [7, 11) is 0. The first-order chi connectivity index (χ1) is 8.75. The van der Waals surface area contributed by atoms with Crippen molar-refractivity contribution < 1.29 is 0 Å². The van der Waals surface area contributed by atoms with Crippen LogP contribution in [0.2, 0.25) is 0 Å². The highest BCUT2D eigenvalue weighted by Gasteiger charge is 2.24. The van der Waals surface area contributed by atoms with Crippen molar-refractivity contribution in [2.45, 2.75) is 32.2 Å². The zero-order valence-corrected chi connectivity index (χ0v) is 10.8. The van der Waals surface area contributed by atoms with E-state index in [2.05, 4.69) is 58.6 Å². The van der Waals surface area contributed by atoms with E-state index in [1.54, 1.807) is 0 Å². The molecule has 0 bridgehead atoms. The predicted molar refractivity (Wildman–Crippen MR) is 70.5 cm³/mol. The van der Waals surface area contributed by atoms with Gasteiger partial charge in [-0.05, 0) is 11.1 Å². The third-order valence-corrected chi connectivity index (χ3v) is 3.46. The Bertz CT molecular complexity index is 544. The summed E-state index contributed by atoms with van der Waals surface area (Å²) in [6, 6.07) is 8.55. The molecule has 1 aliphatic heterocycles. The highest BCUT2D eigenvalue weighted by atomic mass is 15.2. The minimum Gasteiger partial charge on any atom is -0.312 e. The van der Waals surface area contributed by atoms with Crippen LogP contribution < -0.4 is 5.32 Å². The lowest BCUT2D eigenvalue weighted by molar-refractivity contribution is 0.573. The Labute approximate surface area is 107 Å². The Morgan fingerprint density at radius 3 is 2.89 bits per heavy atom. The summed E-state index contributed by atoms with van der Waals surface area (Å²) in [6.07, 6.45) is 0. The van der Waals surface area contributed by atoms with E-state index in [4.69, 9.17) is 0 Å². The summed E-state index contributed by atoms with van der Waals surface area (Å²) < 4.78 is 0. The minimum absolute atomic E-state index is 0.287. The second-order valence-electron chi connectivity index (χ2n) is 5.12.